The normalized spacial score (nSPS) is 21.5. The number of aryl methyl sites for hydroxylation is 2. The quantitative estimate of drug-likeness (QED) is 0.699. The van der Waals surface area contributed by atoms with Crippen molar-refractivity contribution < 1.29 is 9.47 Å². The van der Waals surface area contributed by atoms with Crippen molar-refractivity contribution in [2.24, 2.45) is 7.05 Å². The van der Waals surface area contributed by atoms with Crippen LogP contribution in [0.4, 0.5) is 0 Å². The molecule has 2 rings (SSSR count). The molecule has 1 aliphatic rings. The average Bonchev–Trinajstić information content (AvgIpc) is 2.32. The second-order valence-corrected chi connectivity index (χ2v) is 3.30. The van der Waals surface area contributed by atoms with Gasteiger partial charge in [0.2, 0.25) is 0 Å². The van der Waals surface area contributed by atoms with E-state index in [-0.39, 0.29) is 6.29 Å². The molecule has 4 nitrogen and oxygen atoms in total. The molecule has 1 aromatic heterocycles. The molecular weight excluding hydrogens is 168 g/mol. The summed E-state index contributed by atoms with van der Waals surface area (Å²) in [4.78, 5) is 0. The zero-order valence-electron chi connectivity index (χ0n) is 7.99. The van der Waals surface area contributed by atoms with E-state index in [1.54, 1.807) is 0 Å². The summed E-state index contributed by atoms with van der Waals surface area (Å²) >= 11 is 0. The Morgan fingerprint density at radius 1 is 1.77 bits per heavy atom. The van der Waals surface area contributed by atoms with Gasteiger partial charge in [-0.1, -0.05) is 0 Å². The maximum Gasteiger partial charge on any atom is 0.160 e. The first-order chi connectivity index (χ1) is 6.27. The van der Waals surface area contributed by atoms with E-state index in [0.717, 1.165) is 18.7 Å². The smallest absolute Gasteiger partial charge is 0.160 e. The Morgan fingerprint density at radius 2 is 2.54 bits per heavy atom. The van der Waals surface area contributed by atoms with E-state index < -0.39 is 0 Å². The summed E-state index contributed by atoms with van der Waals surface area (Å²) in [7, 11) is 1.92. The highest BCUT2D eigenvalue weighted by Gasteiger charge is 2.19. The number of hydrogen-bond acceptors (Lipinski definition) is 3. The third-order valence-electron chi connectivity index (χ3n) is 2.33. The summed E-state index contributed by atoms with van der Waals surface area (Å²) in [5.41, 5.74) is 2.29. The van der Waals surface area contributed by atoms with E-state index in [1.165, 1.54) is 5.56 Å². The summed E-state index contributed by atoms with van der Waals surface area (Å²) in [6, 6.07) is 0. The molecule has 72 valence electrons. The lowest BCUT2D eigenvalue weighted by atomic mass is 10.3. The largest absolute Gasteiger partial charge is 0.352 e. The number of nitrogens with zero attached hydrogens (tertiary/aromatic N) is 2. The van der Waals surface area contributed by atoms with E-state index in [2.05, 4.69) is 5.10 Å². The summed E-state index contributed by atoms with van der Waals surface area (Å²) in [6.07, 6.45) is 2.87. The molecular formula is C9H14N2O2. The fraction of sp³-hybridized carbons (Fsp3) is 0.667. The fourth-order valence-electron chi connectivity index (χ4n) is 1.30. The first-order valence-corrected chi connectivity index (χ1v) is 4.48. The molecule has 2 heterocycles. The minimum absolute atomic E-state index is 0.00861. The van der Waals surface area contributed by atoms with Crippen molar-refractivity contribution in [2.75, 3.05) is 6.61 Å². The molecule has 1 atom stereocenters. The molecule has 0 spiro atoms. The van der Waals surface area contributed by atoms with Crippen LogP contribution in [0, 0.1) is 6.92 Å². The predicted molar refractivity (Wildman–Crippen MR) is 47.1 cm³/mol. The molecule has 0 aromatic carbocycles. The van der Waals surface area contributed by atoms with E-state index in [9.17, 15) is 0 Å². The van der Waals surface area contributed by atoms with Gasteiger partial charge >= 0.3 is 0 Å². The van der Waals surface area contributed by atoms with Crippen LogP contribution < -0.4 is 0 Å². The Kier molecular flexibility index (Phi) is 2.33. The Morgan fingerprint density at radius 3 is 3.00 bits per heavy atom. The first-order valence-electron chi connectivity index (χ1n) is 4.48. The highest BCUT2D eigenvalue weighted by atomic mass is 16.7. The molecule has 1 saturated heterocycles. The van der Waals surface area contributed by atoms with Crippen molar-refractivity contribution in [1.82, 2.24) is 9.78 Å². The molecule has 0 amide bonds. The van der Waals surface area contributed by atoms with Gasteiger partial charge in [0.15, 0.2) is 6.29 Å². The number of aromatic nitrogens is 2. The van der Waals surface area contributed by atoms with Gasteiger partial charge in [-0.05, 0) is 12.5 Å². The highest BCUT2D eigenvalue weighted by molar-refractivity contribution is 5.14. The molecule has 0 bridgehead atoms. The molecule has 1 aliphatic heterocycles. The Labute approximate surface area is 77.4 Å². The maximum absolute atomic E-state index is 5.50. The van der Waals surface area contributed by atoms with Gasteiger partial charge in [0.1, 0.15) is 0 Å². The SMILES string of the molecule is Cc1cnn(C)c1COC1CCO1. The molecule has 1 unspecified atom stereocenters. The zero-order chi connectivity index (χ0) is 9.26. The number of hydrogen-bond donors (Lipinski definition) is 0. The van der Waals surface area contributed by atoms with Crippen LogP contribution in [-0.2, 0) is 23.1 Å². The monoisotopic (exact) mass is 182 g/mol. The second kappa shape index (κ2) is 3.47. The number of ether oxygens (including phenoxy) is 2. The van der Waals surface area contributed by atoms with Gasteiger partial charge in [0.05, 0.1) is 25.1 Å². The number of rotatable bonds is 3. The Bertz CT molecular complexity index is 272. The van der Waals surface area contributed by atoms with Crippen LogP contribution in [0.15, 0.2) is 6.20 Å². The molecule has 4 heteroatoms. The average molecular weight is 182 g/mol. The van der Waals surface area contributed by atoms with Crippen molar-refractivity contribution in [1.29, 1.82) is 0 Å². The molecule has 1 fully saturated rings. The summed E-state index contributed by atoms with van der Waals surface area (Å²) in [6.45, 7) is 3.45. The van der Waals surface area contributed by atoms with Gasteiger partial charge in [0, 0.05) is 13.5 Å². The second-order valence-electron chi connectivity index (χ2n) is 3.30. The molecule has 0 N–H and O–H groups in total. The summed E-state index contributed by atoms with van der Waals surface area (Å²) in [5.74, 6) is 0. The van der Waals surface area contributed by atoms with Crippen LogP contribution in [0.1, 0.15) is 17.7 Å². The van der Waals surface area contributed by atoms with Crippen LogP contribution in [0.2, 0.25) is 0 Å². The zero-order valence-corrected chi connectivity index (χ0v) is 7.99. The van der Waals surface area contributed by atoms with E-state index in [1.807, 2.05) is 24.9 Å². The van der Waals surface area contributed by atoms with Gasteiger partial charge < -0.3 is 9.47 Å². The van der Waals surface area contributed by atoms with E-state index in [4.69, 9.17) is 9.47 Å². The van der Waals surface area contributed by atoms with Gasteiger partial charge in [-0.15, -0.1) is 0 Å². The van der Waals surface area contributed by atoms with Gasteiger partial charge in [-0.25, -0.2) is 0 Å². The molecule has 0 radical (unpaired) electrons. The van der Waals surface area contributed by atoms with Crippen molar-refractivity contribution in [3.05, 3.63) is 17.5 Å². The summed E-state index contributed by atoms with van der Waals surface area (Å²) in [5, 5.41) is 4.13. The maximum atomic E-state index is 5.50. The molecule has 0 saturated carbocycles. The topological polar surface area (TPSA) is 36.3 Å². The first kappa shape index (κ1) is 8.72. The van der Waals surface area contributed by atoms with Crippen molar-refractivity contribution in [2.45, 2.75) is 26.2 Å². The van der Waals surface area contributed by atoms with Crippen molar-refractivity contribution in [3.63, 3.8) is 0 Å². The van der Waals surface area contributed by atoms with Crippen molar-refractivity contribution >= 4 is 0 Å². The fourth-order valence-corrected chi connectivity index (χ4v) is 1.30. The van der Waals surface area contributed by atoms with Crippen LogP contribution in [0.5, 0.6) is 0 Å². The van der Waals surface area contributed by atoms with Gasteiger partial charge in [0.25, 0.3) is 0 Å². The Balaban J connectivity index is 1.92. The lowest BCUT2D eigenvalue weighted by molar-refractivity contribution is -0.221. The van der Waals surface area contributed by atoms with Crippen LogP contribution in [-0.4, -0.2) is 22.7 Å². The Hall–Kier alpha value is -0.870. The molecule has 0 aliphatic carbocycles. The molecule has 13 heavy (non-hydrogen) atoms. The third-order valence-corrected chi connectivity index (χ3v) is 2.33. The van der Waals surface area contributed by atoms with Crippen LogP contribution in [0.3, 0.4) is 0 Å². The van der Waals surface area contributed by atoms with Gasteiger partial charge in [-0.2, -0.15) is 5.10 Å². The lowest BCUT2D eigenvalue weighted by Crippen LogP contribution is -2.29. The van der Waals surface area contributed by atoms with Crippen LogP contribution in [0.25, 0.3) is 0 Å². The van der Waals surface area contributed by atoms with Crippen LogP contribution >= 0.6 is 0 Å². The minimum atomic E-state index is 0.00861. The minimum Gasteiger partial charge on any atom is -0.352 e. The third kappa shape index (κ3) is 1.73. The summed E-state index contributed by atoms with van der Waals surface area (Å²) < 4.78 is 12.5. The van der Waals surface area contributed by atoms with Gasteiger partial charge in [-0.3, -0.25) is 4.68 Å². The van der Waals surface area contributed by atoms with E-state index >= 15 is 0 Å². The molecule has 1 aromatic rings. The lowest BCUT2D eigenvalue weighted by Gasteiger charge is -2.26. The standard InChI is InChI=1S/C9H14N2O2/c1-7-5-10-11(2)8(7)6-13-9-3-4-12-9/h5,9H,3-4,6H2,1-2H3. The highest BCUT2D eigenvalue weighted by Crippen LogP contribution is 2.15. The van der Waals surface area contributed by atoms with E-state index in [0.29, 0.717) is 6.61 Å². The van der Waals surface area contributed by atoms with Crippen molar-refractivity contribution in [3.8, 4) is 0 Å². The predicted octanol–water partition coefficient (Wildman–Crippen LogP) is 0.992.